The zero-order valence-electron chi connectivity index (χ0n) is 9.71. The van der Waals surface area contributed by atoms with Crippen LogP contribution in [-0.4, -0.2) is 25.0 Å². The maximum Gasteiger partial charge on any atom is 0.253 e. The van der Waals surface area contributed by atoms with Gasteiger partial charge in [0.05, 0.1) is 10.6 Å². The fourth-order valence-electron chi connectivity index (χ4n) is 1.91. The first-order chi connectivity index (χ1) is 8.18. The first-order valence-electron chi connectivity index (χ1n) is 5.64. The van der Waals surface area contributed by atoms with Crippen molar-refractivity contribution >= 4 is 29.9 Å². The summed E-state index contributed by atoms with van der Waals surface area (Å²) in [5.74, 6) is -0.869. The molecule has 1 aliphatic rings. The van der Waals surface area contributed by atoms with E-state index in [-0.39, 0.29) is 34.9 Å². The normalized spacial score (nSPS) is 15.9. The Balaban J connectivity index is 0.00000162. The number of rotatable bonds is 2. The highest BCUT2D eigenvalue weighted by Gasteiger charge is 2.18. The molecule has 0 aliphatic carbocycles. The van der Waals surface area contributed by atoms with E-state index in [2.05, 4.69) is 10.6 Å². The minimum atomic E-state index is -0.565. The Morgan fingerprint density at radius 2 is 2.06 bits per heavy atom. The van der Waals surface area contributed by atoms with Crippen molar-refractivity contribution in [3.8, 4) is 0 Å². The number of piperidine rings is 1. The van der Waals surface area contributed by atoms with Crippen LogP contribution in [0.25, 0.3) is 0 Å². The number of halogens is 3. The van der Waals surface area contributed by atoms with Gasteiger partial charge < -0.3 is 10.6 Å². The molecule has 0 radical (unpaired) electrons. The van der Waals surface area contributed by atoms with Crippen LogP contribution in [0.1, 0.15) is 23.2 Å². The summed E-state index contributed by atoms with van der Waals surface area (Å²) in [7, 11) is 0. The van der Waals surface area contributed by atoms with Gasteiger partial charge in [-0.1, -0.05) is 17.7 Å². The average molecular weight is 293 g/mol. The lowest BCUT2D eigenvalue weighted by Crippen LogP contribution is -2.42. The number of benzene rings is 1. The van der Waals surface area contributed by atoms with Crippen molar-refractivity contribution in [2.45, 2.75) is 18.9 Å². The highest BCUT2D eigenvalue weighted by molar-refractivity contribution is 6.34. The van der Waals surface area contributed by atoms with Crippen molar-refractivity contribution in [1.82, 2.24) is 10.6 Å². The maximum atomic E-state index is 13.2. The van der Waals surface area contributed by atoms with E-state index in [1.165, 1.54) is 18.2 Å². The van der Waals surface area contributed by atoms with Gasteiger partial charge in [-0.05, 0) is 38.1 Å². The van der Waals surface area contributed by atoms with Gasteiger partial charge in [0.25, 0.3) is 5.91 Å². The highest BCUT2D eigenvalue weighted by Crippen LogP contribution is 2.19. The van der Waals surface area contributed by atoms with Gasteiger partial charge >= 0.3 is 0 Å². The van der Waals surface area contributed by atoms with Gasteiger partial charge in [-0.3, -0.25) is 4.79 Å². The van der Waals surface area contributed by atoms with Crippen molar-refractivity contribution in [1.29, 1.82) is 0 Å². The third-order valence-corrected chi connectivity index (χ3v) is 3.25. The zero-order chi connectivity index (χ0) is 12.3. The molecule has 100 valence electrons. The van der Waals surface area contributed by atoms with Gasteiger partial charge in [0, 0.05) is 6.04 Å². The van der Waals surface area contributed by atoms with Crippen LogP contribution in [0, 0.1) is 5.82 Å². The third-order valence-electron chi connectivity index (χ3n) is 2.87. The summed E-state index contributed by atoms with van der Waals surface area (Å²) >= 11 is 5.76. The molecule has 1 heterocycles. The zero-order valence-corrected chi connectivity index (χ0v) is 11.3. The minimum absolute atomic E-state index is 0. The lowest BCUT2D eigenvalue weighted by Gasteiger charge is -2.23. The predicted octanol–water partition coefficient (Wildman–Crippen LogP) is 2.38. The average Bonchev–Trinajstić information content (AvgIpc) is 2.34. The van der Waals surface area contributed by atoms with Crippen molar-refractivity contribution in [3.63, 3.8) is 0 Å². The molecule has 0 saturated carbocycles. The molecule has 1 aromatic carbocycles. The smallest absolute Gasteiger partial charge is 0.253 e. The predicted molar refractivity (Wildman–Crippen MR) is 72.0 cm³/mol. The Bertz CT molecular complexity index is 423. The fraction of sp³-hybridized carbons (Fsp3) is 0.417. The van der Waals surface area contributed by atoms with Gasteiger partial charge in [-0.2, -0.15) is 0 Å². The Morgan fingerprint density at radius 3 is 2.72 bits per heavy atom. The molecule has 6 heteroatoms. The third kappa shape index (κ3) is 3.57. The molecule has 2 rings (SSSR count). The van der Waals surface area contributed by atoms with Gasteiger partial charge in [-0.25, -0.2) is 4.39 Å². The molecule has 0 unspecified atom stereocenters. The molecule has 1 aromatic rings. The summed E-state index contributed by atoms with van der Waals surface area (Å²) in [4.78, 5) is 11.9. The summed E-state index contributed by atoms with van der Waals surface area (Å²) < 4.78 is 13.2. The van der Waals surface area contributed by atoms with E-state index in [0.29, 0.717) is 0 Å². The molecular weight excluding hydrogens is 278 g/mol. The second kappa shape index (κ2) is 6.92. The lowest BCUT2D eigenvalue weighted by atomic mass is 10.1. The van der Waals surface area contributed by atoms with E-state index >= 15 is 0 Å². The van der Waals surface area contributed by atoms with Crippen LogP contribution < -0.4 is 10.6 Å². The first kappa shape index (κ1) is 15.2. The summed E-state index contributed by atoms with van der Waals surface area (Å²) in [6.45, 7) is 1.78. The van der Waals surface area contributed by atoms with E-state index < -0.39 is 5.82 Å². The van der Waals surface area contributed by atoms with Crippen LogP contribution in [0.3, 0.4) is 0 Å². The number of nitrogens with one attached hydrogen (secondary N) is 2. The molecule has 0 atom stereocenters. The number of carbonyl (C=O) groups excluding carboxylic acids is 1. The molecule has 0 spiro atoms. The molecule has 2 N–H and O–H groups in total. The Kier molecular flexibility index (Phi) is 5.85. The quantitative estimate of drug-likeness (QED) is 0.879. The van der Waals surface area contributed by atoms with Crippen molar-refractivity contribution in [2.24, 2.45) is 0 Å². The Labute approximate surface area is 116 Å². The molecule has 1 saturated heterocycles. The van der Waals surface area contributed by atoms with Gasteiger partial charge in [0.2, 0.25) is 0 Å². The minimum Gasteiger partial charge on any atom is -0.349 e. The summed E-state index contributed by atoms with van der Waals surface area (Å²) in [6.07, 6.45) is 1.78. The monoisotopic (exact) mass is 292 g/mol. The summed E-state index contributed by atoms with van der Waals surface area (Å²) in [5.41, 5.74) is 0.199. The first-order valence-corrected chi connectivity index (χ1v) is 6.02. The highest BCUT2D eigenvalue weighted by atomic mass is 35.5. The van der Waals surface area contributed by atoms with Gasteiger partial charge in [0.1, 0.15) is 5.82 Å². The number of amides is 1. The number of carbonyl (C=O) groups is 1. The second-order valence-corrected chi connectivity index (χ2v) is 4.48. The van der Waals surface area contributed by atoms with Crippen LogP contribution in [0.2, 0.25) is 5.02 Å². The van der Waals surface area contributed by atoms with Crippen LogP contribution in [0.15, 0.2) is 18.2 Å². The van der Waals surface area contributed by atoms with Crippen LogP contribution >= 0.6 is 24.0 Å². The van der Waals surface area contributed by atoms with E-state index in [1.54, 1.807) is 0 Å². The standard InChI is InChI=1S/C12H14ClFN2O.ClH/c13-11-9(2-1-3-10(11)14)12(17)16-8-4-6-15-7-5-8;/h1-3,8,15H,4-7H2,(H,16,17);1H. The largest absolute Gasteiger partial charge is 0.349 e. The number of hydrogen-bond acceptors (Lipinski definition) is 2. The Morgan fingerprint density at radius 1 is 1.39 bits per heavy atom. The molecular formula is C12H15Cl2FN2O. The van der Waals surface area contributed by atoms with Crippen molar-refractivity contribution < 1.29 is 9.18 Å². The Hall–Kier alpha value is -0.840. The maximum absolute atomic E-state index is 13.2. The fourth-order valence-corrected chi connectivity index (χ4v) is 2.12. The van der Waals surface area contributed by atoms with Crippen molar-refractivity contribution in [3.05, 3.63) is 34.6 Å². The summed E-state index contributed by atoms with van der Waals surface area (Å²) in [6, 6.07) is 4.40. The SMILES string of the molecule is Cl.O=C(NC1CCNCC1)c1cccc(F)c1Cl. The second-order valence-electron chi connectivity index (χ2n) is 4.10. The molecule has 18 heavy (non-hydrogen) atoms. The molecule has 0 aromatic heterocycles. The van der Waals surface area contributed by atoms with E-state index in [1.807, 2.05) is 0 Å². The van der Waals surface area contributed by atoms with E-state index in [4.69, 9.17) is 11.6 Å². The van der Waals surface area contributed by atoms with Gasteiger partial charge in [0.15, 0.2) is 0 Å². The molecule has 0 bridgehead atoms. The van der Waals surface area contributed by atoms with E-state index in [0.717, 1.165) is 25.9 Å². The van der Waals surface area contributed by atoms with Crippen LogP contribution in [0.4, 0.5) is 4.39 Å². The number of hydrogen-bond donors (Lipinski definition) is 2. The summed E-state index contributed by atoms with van der Waals surface area (Å²) in [5, 5.41) is 5.97. The van der Waals surface area contributed by atoms with E-state index in [9.17, 15) is 9.18 Å². The van der Waals surface area contributed by atoms with Crippen LogP contribution in [0.5, 0.6) is 0 Å². The van der Waals surface area contributed by atoms with Crippen molar-refractivity contribution in [2.75, 3.05) is 13.1 Å². The van der Waals surface area contributed by atoms with Gasteiger partial charge in [-0.15, -0.1) is 12.4 Å². The topological polar surface area (TPSA) is 41.1 Å². The molecule has 1 fully saturated rings. The molecule has 3 nitrogen and oxygen atoms in total. The van der Waals surface area contributed by atoms with Crippen LogP contribution in [-0.2, 0) is 0 Å². The lowest BCUT2D eigenvalue weighted by molar-refractivity contribution is 0.0929. The molecule has 1 aliphatic heterocycles. The molecule has 1 amide bonds.